The number of rotatable bonds is 3. The van der Waals surface area contributed by atoms with Crippen LogP contribution in [0.15, 0.2) is 0 Å². The monoisotopic (exact) mass is 144 g/mol. The SMILES string of the molecule is CCC#CCCCCCl. The Morgan fingerprint density at radius 2 is 2.00 bits per heavy atom. The van der Waals surface area contributed by atoms with E-state index in [2.05, 4.69) is 18.8 Å². The van der Waals surface area contributed by atoms with E-state index in [0.717, 1.165) is 31.6 Å². The van der Waals surface area contributed by atoms with Crippen LogP contribution < -0.4 is 0 Å². The van der Waals surface area contributed by atoms with Crippen LogP contribution in [0.2, 0.25) is 0 Å². The Hall–Kier alpha value is -0.150. The van der Waals surface area contributed by atoms with Crippen molar-refractivity contribution in [3.8, 4) is 11.8 Å². The number of halogens is 1. The molecule has 0 saturated carbocycles. The fourth-order valence-corrected chi connectivity index (χ4v) is 0.710. The molecule has 0 bridgehead atoms. The van der Waals surface area contributed by atoms with Crippen LogP contribution in [0.3, 0.4) is 0 Å². The second-order valence-electron chi connectivity index (χ2n) is 1.85. The van der Waals surface area contributed by atoms with Crippen molar-refractivity contribution in [2.24, 2.45) is 0 Å². The predicted octanol–water partition coefficient (Wildman–Crippen LogP) is 2.81. The maximum Gasteiger partial charge on any atom is 0.0223 e. The molecule has 52 valence electrons. The topological polar surface area (TPSA) is 0 Å². The zero-order chi connectivity index (χ0) is 6.95. The zero-order valence-electron chi connectivity index (χ0n) is 5.91. The highest BCUT2D eigenvalue weighted by atomic mass is 35.5. The van der Waals surface area contributed by atoms with Crippen LogP contribution in [-0.2, 0) is 0 Å². The van der Waals surface area contributed by atoms with Crippen LogP contribution in [0.5, 0.6) is 0 Å². The van der Waals surface area contributed by atoms with Gasteiger partial charge in [0.15, 0.2) is 0 Å². The first-order valence-electron chi connectivity index (χ1n) is 3.43. The molecule has 0 aromatic rings. The minimum Gasteiger partial charge on any atom is -0.127 e. The normalized spacial score (nSPS) is 8.22. The third-order valence-electron chi connectivity index (χ3n) is 0.987. The molecule has 0 rings (SSSR count). The van der Waals surface area contributed by atoms with Gasteiger partial charge in [0.1, 0.15) is 0 Å². The summed E-state index contributed by atoms with van der Waals surface area (Å²) < 4.78 is 0. The summed E-state index contributed by atoms with van der Waals surface area (Å²) >= 11 is 5.47. The minimum atomic E-state index is 0.772. The van der Waals surface area contributed by atoms with Crippen LogP contribution in [0.1, 0.15) is 32.6 Å². The van der Waals surface area contributed by atoms with Crippen molar-refractivity contribution >= 4 is 11.6 Å². The van der Waals surface area contributed by atoms with Crippen LogP contribution in [0.4, 0.5) is 0 Å². The van der Waals surface area contributed by atoms with Crippen molar-refractivity contribution in [3.05, 3.63) is 0 Å². The minimum absolute atomic E-state index is 0.772. The maximum absolute atomic E-state index is 5.47. The third-order valence-corrected chi connectivity index (χ3v) is 1.25. The second kappa shape index (κ2) is 7.85. The molecule has 0 aromatic carbocycles. The molecule has 0 aliphatic carbocycles. The lowest BCUT2D eigenvalue weighted by atomic mass is 10.2. The first kappa shape index (κ1) is 8.85. The number of hydrogen-bond acceptors (Lipinski definition) is 0. The quantitative estimate of drug-likeness (QED) is 0.325. The summed E-state index contributed by atoms with van der Waals surface area (Å²) in [6.07, 6.45) is 4.23. The summed E-state index contributed by atoms with van der Waals surface area (Å²) in [6.45, 7) is 2.06. The van der Waals surface area contributed by atoms with E-state index < -0.39 is 0 Å². The van der Waals surface area contributed by atoms with Gasteiger partial charge in [-0.3, -0.25) is 0 Å². The molecule has 1 heteroatoms. The van der Waals surface area contributed by atoms with Gasteiger partial charge in [0, 0.05) is 18.7 Å². The van der Waals surface area contributed by atoms with Crippen molar-refractivity contribution in [1.29, 1.82) is 0 Å². The molecule has 9 heavy (non-hydrogen) atoms. The molecule has 0 nitrogen and oxygen atoms in total. The molecule has 0 spiro atoms. The zero-order valence-corrected chi connectivity index (χ0v) is 6.67. The third kappa shape index (κ3) is 7.85. The summed E-state index contributed by atoms with van der Waals surface area (Å²) in [7, 11) is 0. The van der Waals surface area contributed by atoms with E-state index in [-0.39, 0.29) is 0 Å². The van der Waals surface area contributed by atoms with Crippen molar-refractivity contribution in [2.75, 3.05) is 5.88 Å². The van der Waals surface area contributed by atoms with Crippen LogP contribution >= 0.6 is 11.6 Å². The Morgan fingerprint density at radius 1 is 1.22 bits per heavy atom. The Balaban J connectivity index is 2.90. The molecule has 0 amide bonds. The van der Waals surface area contributed by atoms with Gasteiger partial charge in [0.2, 0.25) is 0 Å². The molecule has 0 atom stereocenters. The van der Waals surface area contributed by atoms with E-state index in [9.17, 15) is 0 Å². The van der Waals surface area contributed by atoms with E-state index in [1.165, 1.54) is 0 Å². The lowest BCUT2D eigenvalue weighted by Gasteiger charge is -1.86. The average molecular weight is 145 g/mol. The fourth-order valence-electron chi connectivity index (χ4n) is 0.521. The lowest BCUT2D eigenvalue weighted by Crippen LogP contribution is -1.73. The Bertz CT molecular complexity index is 96.9. The van der Waals surface area contributed by atoms with Gasteiger partial charge in [-0.25, -0.2) is 0 Å². The smallest absolute Gasteiger partial charge is 0.0223 e. The van der Waals surface area contributed by atoms with E-state index in [4.69, 9.17) is 11.6 Å². The summed E-state index contributed by atoms with van der Waals surface area (Å²) in [6, 6.07) is 0. The Kier molecular flexibility index (Phi) is 7.72. The first-order chi connectivity index (χ1) is 4.41. The van der Waals surface area contributed by atoms with Crippen LogP contribution in [-0.4, -0.2) is 5.88 Å². The number of hydrogen-bond donors (Lipinski definition) is 0. The number of unbranched alkanes of at least 4 members (excludes halogenated alkanes) is 2. The molecular formula is C8H13Cl. The van der Waals surface area contributed by atoms with E-state index in [0.29, 0.717) is 0 Å². The highest BCUT2D eigenvalue weighted by Crippen LogP contribution is 1.94. The van der Waals surface area contributed by atoms with Gasteiger partial charge in [-0.05, 0) is 12.8 Å². The number of alkyl halides is 1. The van der Waals surface area contributed by atoms with Crippen LogP contribution in [0.25, 0.3) is 0 Å². The lowest BCUT2D eigenvalue weighted by molar-refractivity contribution is 0.833. The predicted molar refractivity (Wildman–Crippen MR) is 42.6 cm³/mol. The van der Waals surface area contributed by atoms with Gasteiger partial charge in [-0.1, -0.05) is 6.92 Å². The molecule has 0 aliphatic rings. The van der Waals surface area contributed by atoms with Gasteiger partial charge in [0.25, 0.3) is 0 Å². The van der Waals surface area contributed by atoms with Gasteiger partial charge >= 0.3 is 0 Å². The highest BCUT2D eigenvalue weighted by Gasteiger charge is 1.80. The van der Waals surface area contributed by atoms with Gasteiger partial charge in [-0.15, -0.1) is 23.4 Å². The molecule has 0 heterocycles. The molecule has 0 aliphatic heterocycles. The molecule has 0 aromatic heterocycles. The Labute approximate surface area is 62.6 Å². The Morgan fingerprint density at radius 3 is 2.56 bits per heavy atom. The van der Waals surface area contributed by atoms with Crippen LogP contribution in [0, 0.1) is 11.8 Å². The van der Waals surface area contributed by atoms with E-state index in [1.807, 2.05) is 0 Å². The first-order valence-corrected chi connectivity index (χ1v) is 3.97. The summed E-state index contributed by atoms with van der Waals surface area (Å²) in [5.41, 5.74) is 0. The molecular weight excluding hydrogens is 132 g/mol. The van der Waals surface area contributed by atoms with Crippen molar-refractivity contribution in [1.82, 2.24) is 0 Å². The molecule has 0 unspecified atom stereocenters. The highest BCUT2D eigenvalue weighted by molar-refractivity contribution is 6.17. The standard InChI is InChI=1S/C8H13Cl/c1-2-3-4-5-6-7-8-9/h2,5-8H2,1H3. The van der Waals surface area contributed by atoms with Gasteiger partial charge in [-0.2, -0.15) is 0 Å². The van der Waals surface area contributed by atoms with Gasteiger partial charge in [0.05, 0.1) is 0 Å². The fraction of sp³-hybridized carbons (Fsp3) is 0.750. The van der Waals surface area contributed by atoms with E-state index >= 15 is 0 Å². The van der Waals surface area contributed by atoms with Crippen molar-refractivity contribution < 1.29 is 0 Å². The maximum atomic E-state index is 5.47. The summed E-state index contributed by atoms with van der Waals surface area (Å²) in [4.78, 5) is 0. The average Bonchev–Trinajstić information content (AvgIpc) is 1.89. The summed E-state index contributed by atoms with van der Waals surface area (Å²) in [5.74, 6) is 6.85. The molecule has 0 saturated heterocycles. The van der Waals surface area contributed by atoms with E-state index in [1.54, 1.807) is 0 Å². The summed E-state index contributed by atoms with van der Waals surface area (Å²) in [5, 5.41) is 0. The second-order valence-corrected chi connectivity index (χ2v) is 2.23. The molecule has 0 fully saturated rings. The van der Waals surface area contributed by atoms with Gasteiger partial charge < -0.3 is 0 Å². The largest absolute Gasteiger partial charge is 0.127 e. The van der Waals surface area contributed by atoms with Crippen molar-refractivity contribution in [2.45, 2.75) is 32.6 Å². The molecule has 0 N–H and O–H groups in total. The van der Waals surface area contributed by atoms with Crippen molar-refractivity contribution in [3.63, 3.8) is 0 Å². The molecule has 0 radical (unpaired) electrons.